The zero-order chi connectivity index (χ0) is 12.6. The van der Waals surface area contributed by atoms with Crippen LogP contribution in [0.4, 0.5) is 0 Å². The molecule has 1 aromatic carbocycles. The Hall–Kier alpha value is -1.57. The molecule has 0 radical (unpaired) electrons. The Kier molecular flexibility index (Phi) is 1.42. The fraction of sp³-hybridized carbons (Fsp3) is 0.250. The molecule has 0 atom stereocenters. The van der Waals surface area contributed by atoms with E-state index in [2.05, 4.69) is 0 Å². The van der Waals surface area contributed by atoms with E-state index in [9.17, 15) is 0 Å². The number of rotatable bonds is 1. The van der Waals surface area contributed by atoms with E-state index in [1.807, 2.05) is 42.8 Å². The molecule has 2 nitrogen and oxygen atoms in total. The van der Waals surface area contributed by atoms with Gasteiger partial charge in [0.2, 0.25) is 0 Å². The molecule has 0 aliphatic heterocycles. The molecule has 0 saturated carbocycles. The fourth-order valence-corrected chi connectivity index (χ4v) is 1.62. The van der Waals surface area contributed by atoms with Gasteiger partial charge in [0, 0.05) is 0 Å². The van der Waals surface area contributed by atoms with E-state index in [1.54, 1.807) is 12.4 Å². The quantitative estimate of drug-likeness (QED) is 0.607. The van der Waals surface area contributed by atoms with Crippen molar-refractivity contribution in [3.05, 3.63) is 42.2 Å². The Morgan fingerprint density at radius 3 is 2.86 bits per heavy atom. The molecular weight excluding hydrogens is 172 g/mol. The highest BCUT2D eigenvalue weighted by Gasteiger charge is 2.15. The number of hydrogen-bond donors (Lipinski definition) is 0. The minimum atomic E-state index is -2.15. The molecule has 0 aliphatic rings. The molecule has 0 saturated heterocycles. The van der Waals surface area contributed by atoms with Crippen LogP contribution in [0.15, 0.2) is 36.7 Å². The second-order valence-corrected chi connectivity index (χ2v) is 3.42. The molecular formula is C12H15N2+. The largest absolute Gasteiger partial charge is 0.288 e. The molecule has 0 spiro atoms. The number of hydrogen-bond acceptors (Lipinski definition) is 0. The van der Waals surface area contributed by atoms with Gasteiger partial charge in [-0.1, -0.05) is 18.2 Å². The first-order chi connectivity index (χ1) is 7.91. The van der Waals surface area contributed by atoms with Crippen LogP contribution in [0, 0.1) is 6.92 Å². The molecule has 0 bridgehead atoms. The van der Waals surface area contributed by atoms with Gasteiger partial charge in [-0.05, 0) is 18.6 Å². The lowest BCUT2D eigenvalue weighted by Gasteiger charge is -2.02. The Labute approximate surface area is 88.6 Å². The third kappa shape index (κ3) is 1.33. The van der Waals surface area contributed by atoms with E-state index in [-0.39, 0.29) is 0 Å². The van der Waals surface area contributed by atoms with Crippen molar-refractivity contribution in [3.8, 4) is 11.4 Å². The van der Waals surface area contributed by atoms with Gasteiger partial charge in [0.1, 0.15) is 12.4 Å². The molecule has 2 rings (SSSR count). The minimum absolute atomic E-state index is 0.697. The molecule has 0 amide bonds. The van der Waals surface area contributed by atoms with E-state index in [0.29, 0.717) is 5.82 Å². The molecule has 0 N–H and O–H groups in total. The van der Waals surface area contributed by atoms with E-state index in [0.717, 1.165) is 11.1 Å². The summed E-state index contributed by atoms with van der Waals surface area (Å²) < 4.78 is 25.7. The van der Waals surface area contributed by atoms with Crippen molar-refractivity contribution in [1.29, 1.82) is 0 Å². The van der Waals surface area contributed by atoms with Crippen LogP contribution in [-0.2, 0) is 14.0 Å². The number of imidazole rings is 1. The van der Waals surface area contributed by atoms with Crippen LogP contribution in [0.1, 0.15) is 9.68 Å². The lowest BCUT2D eigenvalue weighted by molar-refractivity contribution is -0.659. The molecule has 0 aliphatic carbocycles. The van der Waals surface area contributed by atoms with Crippen LogP contribution in [0.5, 0.6) is 0 Å². The molecule has 1 heterocycles. The number of aromatic nitrogens is 2. The Bertz CT molecular complexity index is 541. The first-order valence-corrected chi connectivity index (χ1v) is 4.55. The Morgan fingerprint density at radius 1 is 1.36 bits per heavy atom. The van der Waals surface area contributed by atoms with Crippen molar-refractivity contribution in [2.24, 2.45) is 14.0 Å². The minimum Gasteiger partial charge on any atom is -0.233 e. The van der Waals surface area contributed by atoms with Gasteiger partial charge in [-0.25, -0.2) is 9.13 Å². The van der Waals surface area contributed by atoms with Crippen LogP contribution in [0.2, 0.25) is 0 Å². The van der Waals surface area contributed by atoms with Crippen molar-refractivity contribution in [3.63, 3.8) is 0 Å². The second-order valence-electron chi connectivity index (χ2n) is 3.42. The lowest BCUT2D eigenvalue weighted by Crippen LogP contribution is -2.28. The van der Waals surface area contributed by atoms with Crippen molar-refractivity contribution >= 4 is 0 Å². The normalized spacial score (nSPS) is 14.6. The summed E-state index contributed by atoms with van der Waals surface area (Å²) in [5, 5.41) is 0. The first kappa shape index (κ1) is 6.02. The zero-order valence-corrected chi connectivity index (χ0v) is 8.36. The van der Waals surface area contributed by atoms with Gasteiger partial charge in [0.05, 0.1) is 23.7 Å². The smallest absolute Gasteiger partial charge is 0.233 e. The lowest BCUT2D eigenvalue weighted by atomic mass is 10.1. The maximum absolute atomic E-state index is 7.53. The Balaban J connectivity index is 2.68. The zero-order valence-electron chi connectivity index (χ0n) is 11.4. The maximum atomic E-state index is 7.53. The van der Waals surface area contributed by atoms with Gasteiger partial charge in [0.25, 0.3) is 5.82 Å². The standard InChI is InChI=1S/C12H15N2/c1-10-6-4-5-7-11(10)12-13(2)8-9-14(12)3/h4-9H,1-3H3/q+1/i2D3. The van der Waals surface area contributed by atoms with Gasteiger partial charge < -0.3 is 0 Å². The highest BCUT2D eigenvalue weighted by Crippen LogP contribution is 2.18. The van der Waals surface area contributed by atoms with Crippen LogP contribution >= 0.6 is 0 Å². The predicted molar refractivity (Wildman–Crippen MR) is 56.8 cm³/mol. The van der Waals surface area contributed by atoms with Crippen molar-refractivity contribution in [2.75, 3.05) is 0 Å². The first-order valence-electron chi connectivity index (χ1n) is 6.05. The summed E-state index contributed by atoms with van der Waals surface area (Å²) in [6, 6.07) is 7.78. The summed E-state index contributed by atoms with van der Waals surface area (Å²) in [6.07, 6.45) is 3.35. The SMILES string of the molecule is [2H]C([2H])([2H])n1cc[n+](C)c1-c1ccccc1C. The summed E-state index contributed by atoms with van der Waals surface area (Å²) in [4.78, 5) is 0. The molecule has 2 aromatic rings. The third-order valence-electron chi connectivity index (χ3n) is 2.39. The maximum Gasteiger partial charge on any atom is 0.288 e. The summed E-state index contributed by atoms with van der Waals surface area (Å²) in [7, 11) is 1.85. The average molecular weight is 190 g/mol. The Morgan fingerprint density at radius 2 is 2.14 bits per heavy atom. The van der Waals surface area contributed by atoms with Gasteiger partial charge in [0.15, 0.2) is 0 Å². The van der Waals surface area contributed by atoms with E-state index in [4.69, 9.17) is 4.11 Å². The molecule has 1 aromatic heterocycles. The van der Waals surface area contributed by atoms with Crippen molar-refractivity contribution < 1.29 is 8.68 Å². The third-order valence-corrected chi connectivity index (χ3v) is 2.39. The van der Waals surface area contributed by atoms with Crippen LogP contribution in [-0.4, -0.2) is 4.57 Å². The van der Waals surface area contributed by atoms with Crippen molar-refractivity contribution in [2.45, 2.75) is 6.92 Å². The van der Waals surface area contributed by atoms with E-state index >= 15 is 0 Å². The molecule has 0 fully saturated rings. The monoisotopic (exact) mass is 190 g/mol. The van der Waals surface area contributed by atoms with E-state index < -0.39 is 6.98 Å². The highest BCUT2D eigenvalue weighted by molar-refractivity contribution is 5.57. The number of benzene rings is 1. The van der Waals surface area contributed by atoms with Gasteiger partial charge in [-0.3, -0.25) is 0 Å². The fourth-order valence-electron chi connectivity index (χ4n) is 1.62. The van der Waals surface area contributed by atoms with Crippen LogP contribution < -0.4 is 4.57 Å². The molecule has 14 heavy (non-hydrogen) atoms. The van der Waals surface area contributed by atoms with Gasteiger partial charge in [-0.15, -0.1) is 0 Å². The van der Waals surface area contributed by atoms with Crippen LogP contribution in [0.3, 0.4) is 0 Å². The summed E-state index contributed by atoms with van der Waals surface area (Å²) in [5.74, 6) is 0.697. The molecule has 2 heteroatoms. The van der Waals surface area contributed by atoms with Crippen molar-refractivity contribution in [1.82, 2.24) is 4.57 Å². The topological polar surface area (TPSA) is 8.81 Å². The van der Waals surface area contributed by atoms with Gasteiger partial charge in [-0.2, -0.15) is 0 Å². The predicted octanol–water partition coefficient (Wildman–Crippen LogP) is 1.83. The average Bonchev–Trinajstić information content (AvgIpc) is 2.60. The summed E-state index contributed by atoms with van der Waals surface area (Å²) in [6.45, 7) is -0.176. The van der Waals surface area contributed by atoms with Gasteiger partial charge >= 0.3 is 0 Å². The molecule has 72 valence electrons. The second kappa shape index (κ2) is 3.29. The number of aryl methyl sites for hydroxylation is 3. The summed E-state index contributed by atoms with van der Waals surface area (Å²) in [5.41, 5.74) is 2.00. The number of nitrogens with zero attached hydrogens (tertiary/aromatic N) is 2. The van der Waals surface area contributed by atoms with E-state index in [1.165, 1.54) is 4.57 Å². The summed E-state index contributed by atoms with van der Waals surface area (Å²) >= 11 is 0. The van der Waals surface area contributed by atoms with Crippen LogP contribution in [0.25, 0.3) is 11.4 Å². The highest BCUT2D eigenvalue weighted by atomic mass is 15.1. The molecule has 0 unspecified atom stereocenters.